The molecule has 1 N–H and O–H groups in total. The van der Waals surface area contributed by atoms with E-state index < -0.39 is 0 Å². The third-order valence-corrected chi connectivity index (χ3v) is 6.50. The normalized spacial score (nSPS) is 21.5. The van der Waals surface area contributed by atoms with Crippen molar-refractivity contribution in [3.63, 3.8) is 0 Å². The Morgan fingerprint density at radius 2 is 1.96 bits per heavy atom. The van der Waals surface area contributed by atoms with Crippen LogP contribution in [-0.2, 0) is 4.79 Å². The van der Waals surface area contributed by atoms with Crippen LogP contribution in [0.1, 0.15) is 37.7 Å². The number of rotatable bonds is 2. The maximum absolute atomic E-state index is 12.7. The van der Waals surface area contributed by atoms with Gasteiger partial charge in [0.15, 0.2) is 0 Å². The fourth-order valence-electron chi connectivity index (χ4n) is 2.97. The third-order valence-electron chi connectivity index (χ3n) is 4.11. The molecule has 0 radical (unpaired) electrons. The molecule has 122 valence electrons. The fourth-order valence-corrected chi connectivity index (χ4v) is 5.62. The van der Waals surface area contributed by atoms with Crippen LogP contribution in [0.5, 0.6) is 5.75 Å². The van der Waals surface area contributed by atoms with Gasteiger partial charge in [-0.1, -0.05) is 59.2 Å². The van der Waals surface area contributed by atoms with Crippen molar-refractivity contribution >= 4 is 72.1 Å². The molecule has 2 aliphatic rings. The first-order valence-electron chi connectivity index (χ1n) is 7.42. The molecule has 1 amide bonds. The third kappa shape index (κ3) is 3.67. The molecule has 0 unspecified atom stereocenters. The first kappa shape index (κ1) is 17.5. The Morgan fingerprint density at radius 3 is 2.65 bits per heavy atom. The van der Waals surface area contributed by atoms with Crippen LogP contribution < -0.4 is 0 Å². The molecule has 1 saturated heterocycles. The number of amides is 1. The number of halogens is 2. The second-order valence-corrected chi connectivity index (χ2v) is 9.11. The van der Waals surface area contributed by atoms with Crippen molar-refractivity contribution in [1.29, 1.82) is 0 Å². The molecule has 3 nitrogen and oxygen atoms in total. The van der Waals surface area contributed by atoms with Gasteiger partial charge in [0.05, 0.1) is 9.38 Å². The van der Waals surface area contributed by atoms with Gasteiger partial charge in [0.25, 0.3) is 5.91 Å². The maximum Gasteiger partial charge on any atom is 0.266 e. The van der Waals surface area contributed by atoms with Gasteiger partial charge >= 0.3 is 0 Å². The summed E-state index contributed by atoms with van der Waals surface area (Å²) in [5.41, 5.74) is 0.593. The van der Waals surface area contributed by atoms with Crippen LogP contribution >= 0.6 is 55.8 Å². The molecule has 0 bridgehead atoms. The van der Waals surface area contributed by atoms with Crippen LogP contribution in [-0.4, -0.2) is 26.3 Å². The van der Waals surface area contributed by atoms with Crippen molar-refractivity contribution in [3.05, 3.63) is 31.5 Å². The van der Waals surface area contributed by atoms with Gasteiger partial charge in [0, 0.05) is 16.1 Å². The molecule has 0 aromatic heterocycles. The van der Waals surface area contributed by atoms with Crippen LogP contribution in [0.3, 0.4) is 0 Å². The van der Waals surface area contributed by atoms with E-state index in [2.05, 4.69) is 31.9 Å². The lowest BCUT2D eigenvalue weighted by Gasteiger charge is -2.29. The van der Waals surface area contributed by atoms with Crippen LogP contribution in [0.25, 0.3) is 6.08 Å². The molecule has 1 heterocycles. The molecule has 1 aromatic carbocycles. The molecule has 1 aliphatic heterocycles. The average molecular weight is 477 g/mol. The lowest BCUT2D eigenvalue weighted by Crippen LogP contribution is -2.39. The predicted molar refractivity (Wildman–Crippen MR) is 105 cm³/mol. The minimum atomic E-state index is -0.0394. The molecule has 1 saturated carbocycles. The summed E-state index contributed by atoms with van der Waals surface area (Å²) in [6.07, 6.45) is 7.30. The average Bonchev–Trinajstić information content (AvgIpc) is 2.79. The van der Waals surface area contributed by atoms with Crippen LogP contribution in [0.4, 0.5) is 0 Å². The van der Waals surface area contributed by atoms with Gasteiger partial charge in [-0.3, -0.25) is 9.69 Å². The minimum absolute atomic E-state index is 0.0394. The van der Waals surface area contributed by atoms with E-state index in [4.69, 9.17) is 12.2 Å². The number of carbonyl (C=O) groups excluding carboxylic acids is 1. The number of thiocarbonyl (C=S) groups is 1. The van der Waals surface area contributed by atoms with Crippen molar-refractivity contribution in [3.8, 4) is 5.75 Å². The van der Waals surface area contributed by atoms with Gasteiger partial charge < -0.3 is 5.11 Å². The number of thioether (sulfide) groups is 1. The van der Waals surface area contributed by atoms with Gasteiger partial charge in [-0.2, -0.15) is 0 Å². The molecule has 23 heavy (non-hydrogen) atoms. The zero-order valence-corrected chi connectivity index (χ0v) is 17.0. The Bertz CT molecular complexity index is 700. The number of hydrogen-bond donors (Lipinski definition) is 1. The molecule has 1 aromatic rings. The summed E-state index contributed by atoms with van der Waals surface area (Å²) in [6.45, 7) is 0. The van der Waals surface area contributed by atoms with Crippen molar-refractivity contribution < 1.29 is 9.90 Å². The highest BCUT2D eigenvalue weighted by Crippen LogP contribution is 2.39. The van der Waals surface area contributed by atoms with Gasteiger partial charge in [-0.05, 0) is 47.0 Å². The summed E-state index contributed by atoms with van der Waals surface area (Å²) in [6, 6.07) is 3.78. The summed E-state index contributed by atoms with van der Waals surface area (Å²) in [4.78, 5) is 15.1. The highest BCUT2D eigenvalue weighted by atomic mass is 79.9. The summed E-state index contributed by atoms with van der Waals surface area (Å²) in [5, 5.41) is 10.2. The van der Waals surface area contributed by atoms with E-state index in [1.807, 2.05) is 0 Å². The van der Waals surface area contributed by atoms with Crippen molar-refractivity contribution in [2.45, 2.75) is 38.1 Å². The highest BCUT2D eigenvalue weighted by Gasteiger charge is 2.37. The summed E-state index contributed by atoms with van der Waals surface area (Å²) >= 11 is 13.5. The fraction of sp³-hybridized carbons (Fsp3) is 0.375. The van der Waals surface area contributed by atoms with Gasteiger partial charge in [0.1, 0.15) is 10.1 Å². The molecule has 2 fully saturated rings. The monoisotopic (exact) mass is 475 g/mol. The zero-order valence-electron chi connectivity index (χ0n) is 12.2. The second kappa shape index (κ2) is 7.25. The maximum atomic E-state index is 12.7. The van der Waals surface area contributed by atoms with E-state index in [0.29, 0.717) is 19.3 Å². The largest absolute Gasteiger partial charge is 0.506 e. The minimum Gasteiger partial charge on any atom is -0.506 e. The smallest absolute Gasteiger partial charge is 0.266 e. The van der Waals surface area contributed by atoms with E-state index in [1.165, 1.54) is 18.2 Å². The van der Waals surface area contributed by atoms with Crippen molar-refractivity contribution in [2.24, 2.45) is 0 Å². The lowest BCUT2D eigenvalue weighted by atomic mass is 9.94. The first-order valence-corrected chi connectivity index (χ1v) is 10.2. The number of phenols is 1. The van der Waals surface area contributed by atoms with Crippen molar-refractivity contribution in [2.75, 3.05) is 0 Å². The van der Waals surface area contributed by atoms with Gasteiger partial charge in [0.2, 0.25) is 0 Å². The molecule has 0 spiro atoms. The van der Waals surface area contributed by atoms with Crippen molar-refractivity contribution in [1.82, 2.24) is 4.90 Å². The van der Waals surface area contributed by atoms with E-state index in [1.54, 1.807) is 23.1 Å². The van der Waals surface area contributed by atoms with E-state index in [-0.39, 0.29) is 17.7 Å². The van der Waals surface area contributed by atoms with Gasteiger partial charge in [-0.15, -0.1) is 0 Å². The number of aromatic hydroxyl groups is 1. The number of phenolic OH excluding ortho intramolecular Hbond substituents is 1. The standard InChI is InChI=1S/C16H15Br2NO2S2/c17-10-6-9(14(20)12(18)8-10)7-13-15(21)19(16(22)23-13)11-4-2-1-3-5-11/h6-8,11,20H,1-5H2. The molecule has 0 atom stereocenters. The summed E-state index contributed by atoms with van der Waals surface area (Å²) in [5.74, 6) is 0.0820. The molecular weight excluding hydrogens is 462 g/mol. The number of nitrogens with zero attached hydrogens (tertiary/aromatic N) is 1. The van der Waals surface area contributed by atoms with Crippen LogP contribution in [0, 0.1) is 0 Å². The topological polar surface area (TPSA) is 40.5 Å². The number of carbonyl (C=O) groups is 1. The number of hydrogen-bond acceptors (Lipinski definition) is 4. The van der Waals surface area contributed by atoms with E-state index in [0.717, 1.165) is 30.2 Å². The second-order valence-electron chi connectivity index (χ2n) is 5.67. The molecule has 7 heteroatoms. The Labute approximate surface area is 161 Å². The summed E-state index contributed by atoms with van der Waals surface area (Å²) < 4.78 is 2.04. The Hall–Kier alpha value is -0.370. The quantitative estimate of drug-likeness (QED) is 0.455. The predicted octanol–water partition coefficient (Wildman–Crippen LogP) is 5.45. The van der Waals surface area contributed by atoms with Crippen LogP contribution in [0.2, 0.25) is 0 Å². The Balaban J connectivity index is 1.90. The Morgan fingerprint density at radius 1 is 1.26 bits per heavy atom. The molecular formula is C16H15Br2NO2S2. The lowest BCUT2D eigenvalue weighted by molar-refractivity contribution is -0.124. The van der Waals surface area contributed by atoms with E-state index in [9.17, 15) is 9.90 Å². The Kier molecular flexibility index (Phi) is 5.50. The zero-order chi connectivity index (χ0) is 16.6. The number of benzene rings is 1. The SMILES string of the molecule is O=C1C(=Cc2cc(Br)cc(Br)c2O)SC(=S)N1C1CCCCC1. The van der Waals surface area contributed by atoms with E-state index >= 15 is 0 Å². The highest BCUT2D eigenvalue weighted by molar-refractivity contribution is 9.11. The molecule has 1 aliphatic carbocycles. The van der Waals surface area contributed by atoms with Crippen LogP contribution in [0.15, 0.2) is 26.0 Å². The van der Waals surface area contributed by atoms with Gasteiger partial charge in [-0.25, -0.2) is 0 Å². The molecule has 3 rings (SSSR count). The summed E-state index contributed by atoms with van der Waals surface area (Å²) in [7, 11) is 0. The first-order chi connectivity index (χ1) is 11.0.